The average Bonchev–Trinajstić information content (AvgIpc) is 3.35. The number of benzene rings is 4. The van der Waals surface area contributed by atoms with Gasteiger partial charge in [-0.15, -0.1) is 0 Å². The Kier molecular flexibility index (Phi) is 6.99. The third-order valence-corrected chi connectivity index (χ3v) is 7.28. The first-order valence-electron chi connectivity index (χ1n) is 12.5. The van der Waals surface area contributed by atoms with Crippen molar-refractivity contribution in [2.75, 3.05) is 13.2 Å². The normalized spacial score (nSPS) is 19.9. The van der Waals surface area contributed by atoms with Crippen LogP contribution < -0.4 is 0 Å². The zero-order valence-corrected chi connectivity index (χ0v) is 20.4. The van der Waals surface area contributed by atoms with Crippen molar-refractivity contribution in [3.63, 3.8) is 0 Å². The molecule has 1 aliphatic heterocycles. The van der Waals surface area contributed by atoms with Gasteiger partial charge < -0.3 is 9.47 Å². The first-order valence-corrected chi connectivity index (χ1v) is 12.5. The van der Waals surface area contributed by atoms with Crippen molar-refractivity contribution in [3.05, 3.63) is 143 Å². The van der Waals surface area contributed by atoms with E-state index in [0.29, 0.717) is 31.6 Å². The largest absolute Gasteiger partial charge is 0.370 e. The van der Waals surface area contributed by atoms with Gasteiger partial charge in [0.1, 0.15) is 17.2 Å². The fourth-order valence-electron chi connectivity index (χ4n) is 5.46. The molecule has 1 heterocycles. The minimum absolute atomic E-state index is 0.0462. The maximum Gasteiger partial charge on any atom is 0.143 e. The highest BCUT2D eigenvalue weighted by atomic mass is 19.1. The van der Waals surface area contributed by atoms with E-state index in [1.807, 2.05) is 61.5 Å². The molecule has 1 saturated heterocycles. The topological polar surface area (TPSA) is 18.5 Å². The summed E-state index contributed by atoms with van der Waals surface area (Å²) < 4.78 is 41.5. The summed E-state index contributed by atoms with van der Waals surface area (Å²) in [7, 11) is 0. The molecule has 0 bridgehead atoms. The van der Waals surface area contributed by atoms with Gasteiger partial charge in [-0.1, -0.05) is 104 Å². The lowest BCUT2D eigenvalue weighted by Gasteiger charge is -2.37. The Hall–Kier alpha value is -3.34. The van der Waals surface area contributed by atoms with Gasteiger partial charge in [-0.25, -0.2) is 8.78 Å². The van der Waals surface area contributed by atoms with E-state index in [-0.39, 0.29) is 5.92 Å². The van der Waals surface area contributed by atoms with Crippen LogP contribution in [0.3, 0.4) is 0 Å². The molecule has 1 fully saturated rings. The number of halogens is 2. The second kappa shape index (κ2) is 10.3. The Labute approximate surface area is 211 Å². The predicted molar refractivity (Wildman–Crippen MR) is 138 cm³/mol. The monoisotopic (exact) mass is 484 g/mol. The van der Waals surface area contributed by atoms with Crippen LogP contribution in [0.1, 0.15) is 42.0 Å². The van der Waals surface area contributed by atoms with Crippen LogP contribution in [0.4, 0.5) is 8.78 Å². The fraction of sp³-hybridized carbons (Fsp3) is 0.250. The molecule has 5 rings (SSSR count). The maximum atomic E-state index is 14.7. The molecular weight excluding hydrogens is 454 g/mol. The van der Waals surface area contributed by atoms with Crippen molar-refractivity contribution >= 4 is 0 Å². The molecule has 0 amide bonds. The van der Waals surface area contributed by atoms with Crippen molar-refractivity contribution in [1.82, 2.24) is 0 Å². The van der Waals surface area contributed by atoms with Gasteiger partial charge in [-0.05, 0) is 35.6 Å². The van der Waals surface area contributed by atoms with E-state index < -0.39 is 22.8 Å². The Morgan fingerprint density at radius 1 is 0.806 bits per heavy atom. The summed E-state index contributed by atoms with van der Waals surface area (Å²) >= 11 is 0. The maximum absolute atomic E-state index is 14.7. The molecule has 1 aliphatic rings. The molecule has 0 aromatic heterocycles. The standard InChI is InChI=1S/C32H30F2O2/c1-2-31(29-19-18-28(33)20-30(29)34)21-24(22-35-31)23-36-32(25-12-6-3-7-13-25,26-14-8-4-9-15-26)27-16-10-5-11-17-27/h3-20,24H,2,21-23H2,1H3. The summed E-state index contributed by atoms with van der Waals surface area (Å²) in [4.78, 5) is 0. The molecule has 0 radical (unpaired) electrons. The molecule has 36 heavy (non-hydrogen) atoms. The van der Waals surface area contributed by atoms with E-state index in [2.05, 4.69) is 36.4 Å². The van der Waals surface area contributed by atoms with Gasteiger partial charge in [-0.2, -0.15) is 0 Å². The smallest absolute Gasteiger partial charge is 0.143 e. The van der Waals surface area contributed by atoms with E-state index in [0.717, 1.165) is 22.8 Å². The molecule has 2 atom stereocenters. The molecule has 2 nitrogen and oxygen atoms in total. The molecule has 4 heteroatoms. The summed E-state index contributed by atoms with van der Waals surface area (Å²) in [6, 6.07) is 34.5. The van der Waals surface area contributed by atoms with E-state index in [1.165, 1.54) is 12.1 Å². The van der Waals surface area contributed by atoms with Crippen LogP contribution in [0.15, 0.2) is 109 Å². The summed E-state index contributed by atoms with van der Waals surface area (Å²) in [6.07, 6.45) is 1.19. The lowest BCUT2D eigenvalue weighted by molar-refractivity contribution is -0.0181. The van der Waals surface area contributed by atoms with Crippen molar-refractivity contribution in [2.24, 2.45) is 5.92 Å². The van der Waals surface area contributed by atoms with Crippen LogP contribution in [-0.4, -0.2) is 13.2 Å². The number of ether oxygens (including phenoxy) is 2. The minimum atomic E-state index is -0.817. The minimum Gasteiger partial charge on any atom is -0.370 e. The van der Waals surface area contributed by atoms with Crippen molar-refractivity contribution in [2.45, 2.75) is 31.0 Å². The lowest BCUT2D eigenvalue weighted by atomic mass is 9.79. The van der Waals surface area contributed by atoms with Gasteiger partial charge in [0.2, 0.25) is 0 Å². The molecule has 0 saturated carbocycles. The van der Waals surface area contributed by atoms with Crippen LogP contribution in [0.25, 0.3) is 0 Å². The van der Waals surface area contributed by atoms with Crippen LogP contribution in [0, 0.1) is 17.6 Å². The van der Waals surface area contributed by atoms with Gasteiger partial charge in [0.05, 0.1) is 18.8 Å². The number of rotatable bonds is 8. The zero-order valence-electron chi connectivity index (χ0n) is 20.4. The first-order chi connectivity index (χ1) is 17.6. The Morgan fingerprint density at radius 3 is 1.81 bits per heavy atom. The highest BCUT2D eigenvalue weighted by Gasteiger charge is 2.44. The molecule has 4 aromatic rings. The zero-order chi connectivity index (χ0) is 25.0. The molecule has 184 valence electrons. The predicted octanol–water partition coefficient (Wildman–Crippen LogP) is 7.62. The summed E-state index contributed by atoms with van der Waals surface area (Å²) in [5.41, 5.74) is 1.91. The second-order valence-corrected chi connectivity index (χ2v) is 9.44. The number of hydrogen-bond donors (Lipinski definition) is 0. The van der Waals surface area contributed by atoms with E-state index >= 15 is 0 Å². The SMILES string of the molecule is CCC1(c2ccc(F)cc2F)CC(COC(c2ccccc2)(c2ccccc2)c2ccccc2)CO1. The Morgan fingerprint density at radius 2 is 1.33 bits per heavy atom. The van der Waals surface area contributed by atoms with E-state index in [4.69, 9.17) is 9.47 Å². The van der Waals surface area contributed by atoms with Gasteiger partial charge in [0, 0.05) is 17.5 Å². The molecule has 2 unspecified atom stereocenters. The quantitative estimate of drug-likeness (QED) is 0.240. The van der Waals surface area contributed by atoms with Crippen molar-refractivity contribution in [3.8, 4) is 0 Å². The summed E-state index contributed by atoms with van der Waals surface area (Å²) in [5.74, 6) is -1.10. The first kappa shape index (κ1) is 24.4. The van der Waals surface area contributed by atoms with Crippen LogP contribution in [0.2, 0.25) is 0 Å². The highest BCUT2D eigenvalue weighted by Crippen LogP contribution is 2.45. The number of hydrogen-bond acceptors (Lipinski definition) is 2. The highest BCUT2D eigenvalue weighted by molar-refractivity contribution is 5.47. The van der Waals surface area contributed by atoms with Crippen LogP contribution in [-0.2, 0) is 20.7 Å². The molecule has 0 spiro atoms. The van der Waals surface area contributed by atoms with Gasteiger partial charge in [0.25, 0.3) is 0 Å². The molecular formula is C32H30F2O2. The van der Waals surface area contributed by atoms with Crippen molar-refractivity contribution in [1.29, 1.82) is 0 Å². The third-order valence-electron chi connectivity index (χ3n) is 7.28. The molecule has 0 N–H and O–H groups in total. The lowest BCUT2D eigenvalue weighted by Crippen LogP contribution is -2.35. The second-order valence-electron chi connectivity index (χ2n) is 9.44. The van der Waals surface area contributed by atoms with E-state index in [1.54, 1.807) is 0 Å². The van der Waals surface area contributed by atoms with E-state index in [9.17, 15) is 8.78 Å². The summed E-state index contributed by atoms with van der Waals surface area (Å²) in [5, 5.41) is 0. The van der Waals surface area contributed by atoms with Gasteiger partial charge in [-0.3, -0.25) is 0 Å². The molecule has 0 aliphatic carbocycles. The van der Waals surface area contributed by atoms with Gasteiger partial charge in [0.15, 0.2) is 0 Å². The average molecular weight is 485 g/mol. The Balaban J connectivity index is 1.50. The van der Waals surface area contributed by atoms with Gasteiger partial charge >= 0.3 is 0 Å². The van der Waals surface area contributed by atoms with Crippen molar-refractivity contribution < 1.29 is 18.3 Å². The fourth-order valence-corrected chi connectivity index (χ4v) is 5.46. The summed E-state index contributed by atoms with van der Waals surface area (Å²) in [6.45, 7) is 2.84. The Bertz CT molecular complexity index is 1180. The molecule has 4 aromatic carbocycles. The van der Waals surface area contributed by atoms with Crippen LogP contribution in [0.5, 0.6) is 0 Å². The van der Waals surface area contributed by atoms with Crippen LogP contribution >= 0.6 is 0 Å². The third kappa shape index (κ3) is 4.47.